The highest BCUT2D eigenvalue weighted by molar-refractivity contribution is 5.96. The maximum atomic E-state index is 12.3. The van der Waals surface area contributed by atoms with Crippen LogP contribution < -0.4 is 11.1 Å². The van der Waals surface area contributed by atoms with Crippen molar-refractivity contribution in [3.05, 3.63) is 47.4 Å². The van der Waals surface area contributed by atoms with Crippen LogP contribution in [-0.2, 0) is 11.3 Å². The van der Waals surface area contributed by atoms with Gasteiger partial charge in [-0.3, -0.25) is 4.79 Å². The first kappa shape index (κ1) is 17.4. The number of hydrogen-bond donors (Lipinski definition) is 6. The molecular weight excluding hydrogens is 328 g/mol. The number of nitrogens with zero attached hydrogens (tertiary/aromatic N) is 1. The number of nitrogens with one attached hydrogen (secondary N) is 2. The molecule has 0 radical (unpaired) electrons. The Hall–Kier alpha value is -2.46. The molecule has 0 bridgehead atoms. The van der Waals surface area contributed by atoms with E-state index in [2.05, 4.69) is 15.3 Å². The second kappa shape index (κ2) is 7.19. The lowest BCUT2D eigenvalue weighted by molar-refractivity contribution is -0.0250. The van der Waals surface area contributed by atoms with Gasteiger partial charge in [0.1, 0.15) is 35.9 Å². The zero-order chi connectivity index (χ0) is 18.0. The van der Waals surface area contributed by atoms with Gasteiger partial charge >= 0.3 is 0 Å². The summed E-state index contributed by atoms with van der Waals surface area (Å²) in [6.07, 6.45) is -4.48. The van der Waals surface area contributed by atoms with Crippen LogP contribution in [0.3, 0.4) is 0 Å². The first-order valence-electron chi connectivity index (χ1n) is 7.81. The molecule has 0 spiro atoms. The largest absolute Gasteiger partial charge is 0.394 e. The molecule has 1 fully saturated rings. The van der Waals surface area contributed by atoms with Crippen molar-refractivity contribution < 1.29 is 24.9 Å². The van der Waals surface area contributed by atoms with E-state index in [0.717, 1.165) is 5.56 Å². The van der Waals surface area contributed by atoms with Crippen LogP contribution in [0.4, 0.5) is 5.82 Å². The summed E-state index contributed by atoms with van der Waals surface area (Å²) in [7, 11) is 0. The third kappa shape index (κ3) is 3.49. The number of nitrogen functional groups attached to an aromatic ring is 1. The molecule has 0 saturated carbocycles. The molecule has 7 N–H and O–H groups in total. The fourth-order valence-corrected chi connectivity index (χ4v) is 2.71. The summed E-state index contributed by atoms with van der Waals surface area (Å²) in [5.74, 6) is -0.380. The number of imidazole rings is 1. The number of ether oxygens (including phenoxy) is 1. The maximum Gasteiger partial charge on any atom is 0.271 e. The molecule has 1 aromatic heterocycles. The quantitative estimate of drug-likeness (QED) is 0.408. The molecule has 1 aliphatic rings. The molecule has 0 unspecified atom stereocenters. The Labute approximate surface area is 143 Å². The normalized spacial score (nSPS) is 25.9. The van der Waals surface area contributed by atoms with Crippen LogP contribution in [0.2, 0.25) is 0 Å². The summed E-state index contributed by atoms with van der Waals surface area (Å²) in [6.45, 7) is -0.128. The molecule has 2 aromatic rings. The molecule has 9 heteroatoms. The Morgan fingerprint density at radius 2 is 2.00 bits per heavy atom. The number of anilines is 1. The van der Waals surface area contributed by atoms with Crippen molar-refractivity contribution in [2.45, 2.75) is 31.0 Å². The summed E-state index contributed by atoms with van der Waals surface area (Å²) in [4.78, 5) is 19.0. The average molecular weight is 348 g/mol. The van der Waals surface area contributed by atoms with Crippen molar-refractivity contribution in [2.24, 2.45) is 0 Å². The van der Waals surface area contributed by atoms with E-state index in [1.807, 2.05) is 30.3 Å². The van der Waals surface area contributed by atoms with Crippen LogP contribution in [0.25, 0.3) is 0 Å². The fourth-order valence-electron chi connectivity index (χ4n) is 2.71. The summed E-state index contributed by atoms with van der Waals surface area (Å²) in [5, 5.41) is 31.7. The minimum atomic E-state index is -1.29. The SMILES string of the molecule is Nc1nc([C@@H]2O[C@H](CO)[C@H](O)[C@H]2O)[nH]c1C(=O)NCc1ccccc1. The molecule has 1 aromatic carbocycles. The monoisotopic (exact) mass is 348 g/mol. The van der Waals surface area contributed by atoms with Crippen LogP contribution in [0.5, 0.6) is 0 Å². The molecule has 3 rings (SSSR count). The zero-order valence-corrected chi connectivity index (χ0v) is 13.3. The lowest BCUT2D eigenvalue weighted by atomic mass is 10.1. The van der Waals surface area contributed by atoms with E-state index >= 15 is 0 Å². The van der Waals surface area contributed by atoms with Gasteiger partial charge in [-0.2, -0.15) is 0 Å². The van der Waals surface area contributed by atoms with Crippen LogP contribution in [-0.4, -0.2) is 56.1 Å². The number of aromatic nitrogens is 2. The van der Waals surface area contributed by atoms with E-state index in [1.165, 1.54) is 0 Å². The van der Waals surface area contributed by atoms with Crippen molar-refractivity contribution in [1.82, 2.24) is 15.3 Å². The predicted molar refractivity (Wildman–Crippen MR) is 87.3 cm³/mol. The summed E-state index contributed by atoms with van der Waals surface area (Å²) >= 11 is 0. The molecular formula is C16H20N4O5. The Bertz CT molecular complexity index is 735. The van der Waals surface area contributed by atoms with Crippen LogP contribution in [0.15, 0.2) is 30.3 Å². The number of benzene rings is 1. The van der Waals surface area contributed by atoms with Gasteiger partial charge < -0.3 is 36.1 Å². The number of hydrogen-bond acceptors (Lipinski definition) is 7. The highest BCUT2D eigenvalue weighted by Crippen LogP contribution is 2.32. The van der Waals surface area contributed by atoms with Gasteiger partial charge in [0.05, 0.1) is 6.61 Å². The van der Waals surface area contributed by atoms with Gasteiger partial charge in [-0.1, -0.05) is 30.3 Å². The van der Waals surface area contributed by atoms with E-state index < -0.39 is 36.9 Å². The van der Waals surface area contributed by atoms with E-state index in [0.29, 0.717) is 6.54 Å². The average Bonchev–Trinajstić information content (AvgIpc) is 3.14. The molecule has 2 heterocycles. The Balaban J connectivity index is 1.71. The van der Waals surface area contributed by atoms with Crippen LogP contribution in [0, 0.1) is 0 Å². The number of aliphatic hydroxyl groups is 3. The number of aliphatic hydroxyl groups excluding tert-OH is 3. The van der Waals surface area contributed by atoms with Gasteiger partial charge in [0.2, 0.25) is 0 Å². The number of nitrogens with two attached hydrogens (primary N) is 1. The second-order valence-electron chi connectivity index (χ2n) is 5.81. The molecule has 25 heavy (non-hydrogen) atoms. The Morgan fingerprint density at radius 1 is 1.28 bits per heavy atom. The predicted octanol–water partition coefficient (Wildman–Crippen LogP) is -0.924. The van der Waals surface area contributed by atoms with Crippen molar-refractivity contribution >= 4 is 11.7 Å². The third-order valence-electron chi connectivity index (χ3n) is 4.08. The van der Waals surface area contributed by atoms with Crippen molar-refractivity contribution in [1.29, 1.82) is 0 Å². The van der Waals surface area contributed by atoms with Crippen molar-refractivity contribution in [2.75, 3.05) is 12.3 Å². The number of aromatic amines is 1. The number of H-pyrrole nitrogens is 1. The molecule has 134 valence electrons. The Morgan fingerprint density at radius 3 is 2.64 bits per heavy atom. The molecule has 1 saturated heterocycles. The van der Waals surface area contributed by atoms with E-state index in [-0.39, 0.29) is 17.3 Å². The molecule has 1 amide bonds. The molecule has 9 nitrogen and oxygen atoms in total. The molecule has 0 aliphatic carbocycles. The zero-order valence-electron chi connectivity index (χ0n) is 13.3. The topological polar surface area (TPSA) is 154 Å². The standard InChI is InChI=1S/C16H20N4O5/c17-14-10(16(24)18-6-8-4-2-1-3-5-8)19-15(20-14)13-12(23)11(22)9(7-21)25-13/h1-5,9,11-13,21-23H,6-7,17H2,(H,18,24)(H,19,20)/t9-,11+,12-,13-/m1/s1. The number of amides is 1. The smallest absolute Gasteiger partial charge is 0.271 e. The minimum absolute atomic E-state index is 0.0432. The van der Waals surface area contributed by atoms with E-state index in [9.17, 15) is 15.0 Å². The van der Waals surface area contributed by atoms with Gasteiger partial charge in [0.15, 0.2) is 5.82 Å². The van der Waals surface area contributed by atoms with E-state index in [4.69, 9.17) is 15.6 Å². The highest BCUT2D eigenvalue weighted by Gasteiger charge is 2.44. The first-order valence-corrected chi connectivity index (χ1v) is 7.81. The van der Waals surface area contributed by atoms with Crippen molar-refractivity contribution in [3.63, 3.8) is 0 Å². The number of rotatable bonds is 5. The second-order valence-corrected chi connectivity index (χ2v) is 5.81. The maximum absolute atomic E-state index is 12.3. The van der Waals surface area contributed by atoms with Crippen molar-refractivity contribution in [3.8, 4) is 0 Å². The molecule has 4 atom stereocenters. The third-order valence-corrected chi connectivity index (χ3v) is 4.08. The lowest BCUT2D eigenvalue weighted by Gasteiger charge is -2.11. The highest BCUT2D eigenvalue weighted by atomic mass is 16.6. The van der Waals surface area contributed by atoms with Crippen LogP contribution >= 0.6 is 0 Å². The van der Waals surface area contributed by atoms with Gasteiger partial charge in [0, 0.05) is 6.54 Å². The lowest BCUT2D eigenvalue weighted by Crippen LogP contribution is -2.32. The summed E-state index contributed by atoms with van der Waals surface area (Å²) in [6, 6.07) is 9.37. The number of carbonyl (C=O) groups is 1. The van der Waals surface area contributed by atoms with E-state index in [1.54, 1.807) is 0 Å². The minimum Gasteiger partial charge on any atom is -0.394 e. The summed E-state index contributed by atoms with van der Waals surface area (Å²) < 4.78 is 5.37. The van der Waals surface area contributed by atoms with Gasteiger partial charge in [-0.15, -0.1) is 0 Å². The first-order chi connectivity index (χ1) is 12.0. The van der Waals surface area contributed by atoms with Crippen LogP contribution in [0.1, 0.15) is 28.0 Å². The fraction of sp³-hybridized carbons (Fsp3) is 0.375. The Kier molecular flexibility index (Phi) is 5.00. The summed E-state index contributed by atoms with van der Waals surface area (Å²) in [5.41, 5.74) is 6.75. The van der Waals surface area contributed by atoms with Gasteiger partial charge in [-0.05, 0) is 5.56 Å². The van der Waals surface area contributed by atoms with Gasteiger partial charge in [0.25, 0.3) is 5.91 Å². The number of carbonyl (C=O) groups excluding carboxylic acids is 1. The molecule has 1 aliphatic heterocycles. The van der Waals surface area contributed by atoms with Gasteiger partial charge in [-0.25, -0.2) is 4.98 Å².